The molecular weight excluding hydrogens is 3070 g/mol. The number of hydrogen-bond acceptors (Lipinski definition) is 9. The van der Waals surface area contributed by atoms with Gasteiger partial charge in [0, 0.05) is 222 Å². The van der Waals surface area contributed by atoms with Crippen LogP contribution in [0.15, 0.2) is 426 Å². The molecule has 0 fully saturated rings. The number of rotatable bonds is 9. The Balaban J connectivity index is 0.000000232. The minimum absolute atomic E-state index is 0. The minimum atomic E-state index is -0.278. The van der Waals surface area contributed by atoms with E-state index in [1.54, 1.807) is 67.4 Å². The van der Waals surface area contributed by atoms with Crippen LogP contribution in [0.4, 0.5) is 10.1 Å². The summed E-state index contributed by atoms with van der Waals surface area (Å²) in [5.74, 6) is -0.278. The van der Waals surface area contributed by atoms with Gasteiger partial charge < -0.3 is 39.9 Å². The van der Waals surface area contributed by atoms with Crippen LogP contribution < -0.4 is 0 Å². The molecule has 1 aliphatic carbocycles. The molecule has 0 atom stereocenters. The quantitative estimate of drug-likeness (QED) is 0.102. The van der Waals surface area contributed by atoms with Gasteiger partial charge in [-0.3, -0.25) is 9.24 Å². The molecule has 672 valence electrons. The summed E-state index contributed by atoms with van der Waals surface area (Å²) in [6, 6.07) is 149. The molecule has 0 N–H and O–H groups in total. The zero-order valence-electron chi connectivity index (χ0n) is 71.4. The summed E-state index contributed by atoms with van der Waals surface area (Å²) < 4.78 is 12.6. The third-order valence-corrected chi connectivity index (χ3v) is 20.0. The maximum absolute atomic E-state index is 12.6. The van der Waals surface area contributed by atoms with Crippen molar-refractivity contribution < 1.29 is 165 Å². The zero-order chi connectivity index (χ0) is 86.0. The summed E-state index contributed by atoms with van der Waals surface area (Å²) in [5.41, 5.74) is 26.7. The molecule has 12 aromatic carbocycles. The molecule has 10 nitrogen and oxygen atoms in total. The molecule has 0 bridgehead atoms. The summed E-state index contributed by atoms with van der Waals surface area (Å²) in [6.07, 6.45) is 14.4. The Hall–Kier alpha value is -11.5. The van der Waals surface area contributed by atoms with E-state index in [-0.39, 0.29) is 172 Å². The fraction of sp³-hybridized carbons (Fsp3) is 0.0351. The zero-order valence-corrected chi connectivity index (χ0v) is 90.6. The van der Waals surface area contributed by atoms with E-state index >= 15 is 0 Å². The van der Waals surface area contributed by atoms with Crippen molar-refractivity contribution in [2.75, 3.05) is 0 Å². The van der Waals surface area contributed by atoms with Crippen molar-refractivity contribution in [3.63, 3.8) is 0 Å². The number of nitriles is 1. The molecule has 0 saturated carbocycles. The Morgan fingerprint density at radius 1 is 0.323 bits per heavy atom. The van der Waals surface area contributed by atoms with Crippen LogP contribution in [0.25, 0.3) is 139 Å². The van der Waals surface area contributed by atoms with Crippen molar-refractivity contribution in [2.45, 2.75) is 26.2 Å². The molecule has 0 saturated heterocycles. The van der Waals surface area contributed by atoms with E-state index in [2.05, 4.69) is 235 Å². The third-order valence-electron chi connectivity index (χ3n) is 20.0. The van der Waals surface area contributed by atoms with Gasteiger partial charge >= 0.3 is 0 Å². The first-order valence-electron chi connectivity index (χ1n) is 40.3. The predicted molar refractivity (Wildman–Crippen MR) is 502 cm³/mol. The van der Waals surface area contributed by atoms with Crippen molar-refractivity contribution in [1.29, 1.82) is 5.26 Å². The number of halogens is 1. The monoisotopic (exact) mass is 3150 g/mol. The first-order chi connectivity index (χ1) is 61.5. The summed E-state index contributed by atoms with van der Waals surface area (Å²) in [7, 11) is 0. The molecule has 0 amide bonds. The predicted octanol–water partition coefficient (Wildman–Crippen LogP) is 27.5. The third kappa shape index (κ3) is 31.3. The smallest absolute Gasteiger partial charge is 0.108 e. The number of fused-ring (bicyclic) bond motifs is 6. The van der Waals surface area contributed by atoms with Crippen molar-refractivity contribution in [3.05, 3.63) is 514 Å². The van der Waals surface area contributed by atoms with Crippen LogP contribution in [0.3, 0.4) is 0 Å². The van der Waals surface area contributed by atoms with E-state index in [0.717, 1.165) is 95.3 Å². The summed E-state index contributed by atoms with van der Waals surface area (Å²) in [6.45, 7) is 13.5. The average molecular weight is 3150 g/mol. The van der Waals surface area contributed by atoms with Crippen LogP contribution >= 0.6 is 0 Å². The maximum Gasteiger partial charge on any atom is 0.108 e. The molecule has 0 aliphatic heterocycles. The second kappa shape index (κ2) is 57.8. The van der Waals surface area contributed by atoms with E-state index < -0.39 is 0 Å². The first-order valence-corrected chi connectivity index (χ1v) is 40.3. The average Bonchev–Trinajstić information content (AvgIpc) is 1.59. The molecule has 8 heterocycles. The van der Waals surface area contributed by atoms with Gasteiger partial charge in [0.15, 0.2) is 0 Å². The molecule has 1 aliphatic rings. The van der Waals surface area contributed by atoms with Crippen LogP contribution in [-0.2, 0) is 166 Å². The van der Waals surface area contributed by atoms with Gasteiger partial charge in [0.25, 0.3) is 0 Å². The Bertz CT molecular complexity index is 6680. The van der Waals surface area contributed by atoms with Crippen LogP contribution in [-0.4, -0.2) is 39.9 Å². The Labute approximate surface area is 886 Å². The number of nitrogens with zero attached hydrogens (tertiary/aromatic N) is 10. The molecule has 21 rings (SSSR count). The molecule has 133 heavy (non-hydrogen) atoms. The number of aryl methyl sites for hydroxylation is 1. The van der Waals surface area contributed by atoms with E-state index in [9.17, 15) is 4.39 Å². The summed E-state index contributed by atoms with van der Waals surface area (Å²) >= 11 is 0. The molecule has 19 heteroatoms. The normalized spacial score (nSPS) is 10.1. The van der Waals surface area contributed by atoms with Gasteiger partial charge in [-0.05, 0) is 133 Å². The first kappa shape index (κ1) is 110. The van der Waals surface area contributed by atoms with Crippen molar-refractivity contribution in [3.8, 4) is 118 Å². The van der Waals surface area contributed by atoms with Crippen LogP contribution in [0.5, 0.6) is 0 Å². The van der Waals surface area contributed by atoms with Crippen molar-refractivity contribution in [1.82, 2.24) is 39.9 Å². The van der Waals surface area contributed by atoms with Crippen molar-refractivity contribution >= 4 is 27.4 Å². The van der Waals surface area contributed by atoms with Crippen LogP contribution in [0.1, 0.15) is 36.1 Å². The largest absolute Gasteiger partial charge is 0.305 e. The molecule has 0 spiro atoms. The Morgan fingerprint density at radius 2 is 0.782 bits per heavy atom. The van der Waals surface area contributed by atoms with Gasteiger partial charge in [0.05, 0.1) is 6.57 Å². The van der Waals surface area contributed by atoms with Gasteiger partial charge in [-0.15, -0.1) is 255 Å². The molecule has 8 radical (unpaired) electrons. The van der Waals surface area contributed by atoms with E-state index in [1.807, 2.05) is 231 Å². The maximum atomic E-state index is 12.6. The molecule has 20 aromatic rings. The number of pyridine rings is 8. The summed E-state index contributed by atoms with van der Waals surface area (Å²) in [5, 5.41) is 12.1. The van der Waals surface area contributed by atoms with Gasteiger partial charge in [0.2, 0.25) is 0 Å². The summed E-state index contributed by atoms with van der Waals surface area (Å²) in [4.78, 5) is 37.9. The number of aromatic nitrogens is 8. The Morgan fingerprint density at radius 3 is 1.32 bits per heavy atom. The van der Waals surface area contributed by atoms with E-state index in [0.29, 0.717) is 11.3 Å². The van der Waals surface area contributed by atoms with Crippen molar-refractivity contribution in [2.24, 2.45) is 0 Å². The minimum Gasteiger partial charge on any atom is -0.305 e. The van der Waals surface area contributed by atoms with Gasteiger partial charge in [-0.2, -0.15) is 6.07 Å². The topological polar surface area (TPSA) is 131 Å². The fourth-order valence-electron chi connectivity index (χ4n) is 13.6. The van der Waals surface area contributed by atoms with E-state index in [1.165, 1.54) is 67.4 Å². The second-order valence-electron chi connectivity index (χ2n) is 28.7. The molecular formula is C114H79FIr8N10-8. The van der Waals surface area contributed by atoms with Gasteiger partial charge in [-0.1, -0.05) is 213 Å². The van der Waals surface area contributed by atoms with Crippen LogP contribution in [0.2, 0.25) is 0 Å². The van der Waals surface area contributed by atoms with Gasteiger partial charge in [-0.25, -0.2) is 5.26 Å². The molecule has 0 unspecified atom stereocenters. The number of benzene rings is 12. The number of hydrogen-bond donors (Lipinski definition) is 0. The van der Waals surface area contributed by atoms with Crippen LogP contribution in [0, 0.1) is 79.2 Å². The fourth-order valence-corrected chi connectivity index (χ4v) is 13.6. The van der Waals surface area contributed by atoms with E-state index in [4.69, 9.17) is 11.8 Å². The standard InChI is InChI=1S/C18H14N.2C17H12N.C14H12N.C13H8N.2C12H7N2.C11H7FN.8Ir/c1-14-7-5-6-10-17(14)16-11-12-18(19-13-16)15-8-3-2-4-9-15;1-2-7-14(8-3-1)15-9-6-10-16(13-15)17-11-4-5-12-18-17;1-2-6-14(7-3-1)15-9-11-16(12-10-15)17-8-4-5-13-18-17;1-14(2)11-7-4-3-6-10(11)13-12(14)8-5-9-15-13;1-2-6-12-10(4-1)7-8-11-5-3-9-14-13(11)12;1-13-11-6-4-5-10(9-11)12-7-2-3-8-14-12;13-9-10-4-6-11(7-5-10)12-3-1-2-8-14-12;12-10-6-4-9(5-7-10)11-3-1-2-8-13-11;;;;;;;;/h2-8,10-13H,1H3;1-9,11-13H;1-11,13H;3-5,7-9H,1-2H3;1-5,7-9H;2-4,6-9H;1-6,8H;1-4,6-8H;;;;;;;;/q8*-1;;;;;;;;. The Kier molecular flexibility index (Phi) is 47.9. The SMILES string of the molecule is CC1(C)c2ccc[c-]c2-c2ncccc21.Cc1ccccc1-c1ccc(-c2[c-]cccc2)nc1.Fc1c[c-]c(-c2ccccn2)cc1.N#Cc1c[c-]c(-c2ccccn2)cc1.[C-]#[N+]c1cc[c-]c(-c2ccccn2)c1.[Ir].[Ir].[Ir].[Ir].[Ir].[Ir].[Ir].[Ir].[c-]1cc(-c2ccccc2)ccc1-c1ccccn1.[c-]1ccc(-c2ccccc2)cc1-c1ccccn1.[c-]1cccc2ccc3cccnc3c12. The molecule has 8 aromatic heterocycles. The van der Waals surface area contributed by atoms with Gasteiger partial charge in [0.1, 0.15) is 5.69 Å². The second-order valence-corrected chi connectivity index (χ2v) is 28.7.